The number of hydrogen-bond donors (Lipinski definition) is 1. The standard InChI is InChI=1S/C11H6Cl2N2O6/c12-7-1-5(15(18)19)2-8(13)10(7)20-4-6-3-9(11(16)17)14-21-6/h1-3H,4H2,(H,16,17). The Hall–Kier alpha value is -2.32. The molecule has 21 heavy (non-hydrogen) atoms. The fourth-order valence-electron chi connectivity index (χ4n) is 1.41. The maximum Gasteiger partial charge on any atom is 0.358 e. The van der Waals surface area contributed by atoms with Crippen LogP contribution in [0.4, 0.5) is 5.69 Å². The molecule has 0 aliphatic carbocycles. The van der Waals surface area contributed by atoms with E-state index in [1.807, 2.05) is 0 Å². The minimum Gasteiger partial charge on any atom is -0.482 e. The molecule has 110 valence electrons. The number of hydrogen-bond acceptors (Lipinski definition) is 6. The van der Waals surface area contributed by atoms with Crippen LogP contribution in [0.15, 0.2) is 22.7 Å². The first-order valence-corrected chi connectivity index (χ1v) is 6.09. The van der Waals surface area contributed by atoms with Crippen molar-refractivity contribution in [3.05, 3.63) is 49.8 Å². The SMILES string of the molecule is O=C(O)c1cc(COc2c(Cl)cc([N+](=O)[O-])cc2Cl)on1. The monoisotopic (exact) mass is 332 g/mol. The smallest absolute Gasteiger partial charge is 0.358 e. The number of carbonyl (C=O) groups is 1. The van der Waals surface area contributed by atoms with Gasteiger partial charge in [0.15, 0.2) is 17.2 Å². The van der Waals surface area contributed by atoms with Gasteiger partial charge in [0.2, 0.25) is 0 Å². The van der Waals surface area contributed by atoms with E-state index in [1.54, 1.807) is 0 Å². The van der Waals surface area contributed by atoms with Crippen molar-refractivity contribution in [2.75, 3.05) is 0 Å². The molecule has 0 unspecified atom stereocenters. The van der Waals surface area contributed by atoms with Gasteiger partial charge in [-0.3, -0.25) is 10.1 Å². The Bertz CT molecular complexity index is 691. The van der Waals surface area contributed by atoms with Gasteiger partial charge in [0.1, 0.15) is 6.61 Å². The predicted molar refractivity (Wildman–Crippen MR) is 70.9 cm³/mol. The van der Waals surface area contributed by atoms with Crippen LogP contribution in [-0.4, -0.2) is 21.2 Å². The van der Waals surface area contributed by atoms with Crippen LogP contribution >= 0.6 is 23.2 Å². The number of benzene rings is 1. The first-order chi connectivity index (χ1) is 9.88. The molecular formula is C11H6Cl2N2O6. The van der Waals surface area contributed by atoms with Crippen molar-refractivity contribution in [2.24, 2.45) is 0 Å². The first-order valence-electron chi connectivity index (χ1n) is 5.33. The van der Waals surface area contributed by atoms with Crippen LogP contribution in [0.3, 0.4) is 0 Å². The van der Waals surface area contributed by atoms with Gasteiger partial charge in [-0.15, -0.1) is 0 Å². The van der Waals surface area contributed by atoms with Crippen molar-refractivity contribution >= 4 is 34.9 Å². The summed E-state index contributed by atoms with van der Waals surface area (Å²) in [6.07, 6.45) is 0. The molecule has 0 saturated carbocycles. The van der Waals surface area contributed by atoms with Gasteiger partial charge in [0, 0.05) is 18.2 Å². The summed E-state index contributed by atoms with van der Waals surface area (Å²) in [4.78, 5) is 20.6. The van der Waals surface area contributed by atoms with E-state index >= 15 is 0 Å². The number of rotatable bonds is 5. The molecule has 2 rings (SSSR count). The highest BCUT2D eigenvalue weighted by Crippen LogP contribution is 2.37. The minimum absolute atomic E-state index is 0.0252. The molecule has 1 aromatic heterocycles. The lowest BCUT2D eigenvalue weighted by atomic mass is 10.3. The minimum atomic E-state index is -1.24. The Morgan fingerprint density at radius 3 is 2.48 bits per heavy atom. The highest BCUT2D eigenvalue weighted by molar-refractivity contribution is 6.37. The number of nitrogens with zero attached hydrogens (tertiary/aromatic N) is 2. The van der Waals surface area contributed by atoms with Gasteiger partial charge in [0.05, 0.1) is 15.0 Å². The summed E-state index contributed by atoms with van der Waals surface area (Å²) in [5.41, 5.74) is -0.542. The second-order valence-corrected chi connectivity index (χ2v) is 4.58. The molecule has 10 heteroatoms. The zero-order chi connectivity index (χ0) is 15.6. The Kier molecular flexibility index (Phi) is 4.29. The van der Waals surface area contributed by atoms with Gasteiger partial charge in [-0.05, 0) is 0 Å². The Morgan fingerprint density at radius 1 is 1.38 bits per heavy atom. The molecule has 0 saturated heterocycles. The van der Waals surface area contributed by atoms with E-state index in [9.17, 15) is 14.9 Å². The average Bonchev–Trinajstić information content (AvgIpc) is 2.86. The highest BCUT2D eigenvalue weighted by Gasteiger charge is 2.17. The van der Waals surface area contributed by atoms with Crippen LogP contribution in [0.5, 0.6) is 5.75 Å². The average molecular weight is 333 g/mol. The molecule has 1 heterocycles. The molecule has 0 aliphatic heterocycles. The maximum atomic E-state index is 10.6. The first kappa shape index (κ1) is 15.1. The van der Waals surface area contributed by atoms with Gasteiger partial charge >= 0.3 is 5.97 Å². The van der Waals surface area contributed by atoms with E-state index in [1.165, 1.54) is 6.07 Å². The van der Waals surface area contributed by atoms with E-state index in [-0.39, 0.29) is 39.5 Å². The number of ether oxygens (including phenoxy) is 1. The zero-order valence-electron chi connectivity index (χ0n) is 10.1. The Morgan fingerprint density at radius 2 is 2.00 bits per heavy atom. The van der Waals surface area contributed by atoms with Crippen molar-refractivity contribution < 1.29 is 24.1 Å². The van der Waals surface area contributed by atoms with Crippen LogP contribution in [0.2, 0.25) is 10.0 Å². The van der Waals surface area contributed by atoms with Gasteiger partial charge in [-0.1, -0.05) is 28.4 Å². The van der Waals surface area contributed by atoms with Crippen molar-refractivity contribution in [1.82, 2.24) is 5.16 Å². The molecule has 0 spiro atoms. The van der Waals surface area contributed by atoms with E-state index in [4.69, 9.17) is 37.6 Å². The number of aromatic carboxylic acids is 1. The molecule has 1 aromatic carbocycles. The number of aromatic nitrogens is 1. The summed E-state index contributed by atoms with van der Waals surface area (Å²) in [5.74, 6) is -1.08. The van der Waals surface area contributed by atoms with E-state index < -0.39 is 10.9 Å². The largest absolute Gasteiger partial charge is 0.482 e. The summed E-state index contributed by atoms with van der Waals surface area (Å²) in [6, 6.07) is 3.35. The van der Waals surface area contributed by atoms with Crippen LogP contribution in [0.25, 0.3) is 0 Å². The van der Waals surface area contributed by atoms with E-state index in [2.05, 4.69) is 5.16 Å². The number of halogens is 2. The number of nitro groups is 1. The topological polar surface area (TPSA) is 116 Å². The van der Waals surface area contributed by atoms with Crippen LogP contribution in [0, 0.1) is 10.1 Å². The molecule has 8 nitrogen and oxygen atoms in total. The van der Waals surface area contributed by atoms with E-state index in [0.717, 1.165) is 12.1 Å². The van der Waals surface area contributed by atoms with Crippen LogP contribution in [-0.2, 0) is 6.61 Å². The second-order valence-electron chi connectivity index (χ2n) is 3.77. The summed E-state index contributed by atoms with van der Waals surface area (Å²) in [5, 5.41) is 22.5. The number of nitro benzene ring substituents is 1. The lowest BCUT2D eigenvalue weighted by Crippen LogP contribution is -1.97. The van der Waals surface area contributed by atoms with Crippen LogP contribution in [0.1, 0.15) is 16.2 Å². The third-order valence-electron chi connectivity index (χ3n) is 2.33. The van der Waals surface area contributed by atoms with Gasteiger partial charge in [-0.25, -0.2) is 4.79 Å². The molecule has 2 aromatic rings. The van der Waals surface area contributed by atoms with Crippen LogP contribution < -0.4 is 4.74 Å². The Balaban J connectivity index is 2.16. The fourth-order valence-corrected chi connectivity index (χ4v) is 2.00. The van der Waals surface area contributed by atoms with Gasteiger partial charge in [0.25, 0.3) is 5.69 Å². The van der Waals surface area contributed by atoms with Crippen molar-refractivity contribution in [3.63, 3.8) is 0 Å². The quantitative estimate of drug-likeness (QED) is 0.660. The molecule has 0 bridgehead atoms. The number of carboxylic acids is 1. The lowest BCUT2D eigenvalue weighted by Gasteiger charge is -2.07. The molecule has 0 atom stereocenters. The van der Waals surface area contributed by atoms with Crippen molar-refractivity contribution in [3.8, 4) is 5.75 Å². The molecule has 0 aliphatic rings. The molecule has 0 amide bonds. The molecule has 0 radical (unpaired) electrons. The van der Waals surface area contributed by atoms with Gasteiger partial charge < -0.3 is 14.4 Å². The molecule has 0 fully saturated rings. The summed E-state index contributed by atoms with van der Waals surface area (Å²) in [6.45, 7) is -0.183. The summed E-state index contributed by atoms with van der Waals surface area (Å²) >= 11 is 11.7. The summed E-state index contributed by atoms with van der Waals surface area (Å²) < 4.78 is 10.0. The fraction of sp³-hybridized carbons (Fsp3) is 0.0909. The van der Waals surface area contributed by atoms with E-state index in [0.29, 0.717) is 0 Å². The molecule has 1 N–H and O–H groups in total. The highest BCUT2D eigenvalue weighted by atomic mass is 35.5. The lowest BCUT2D eigenvalue weighted by molar-refractivity contribution is -0.384. The maximum absolute atomic E-state index is 10.6. The number of non-ortho nitro benzene ring substituents is 1. The van der Waals surface area contributed by atoms with Crippen molar-refractivity contribution in [1.29, 1.82) is 0 Å². The summed E-state index contributed by atoms with van der Waals surface area (Å²) in [7, 11) is 0. The second kappa shape index (κ2) is 5.98. The third-order valence-corrected chi connectivity index (χ3v) is 2.89. The Labute approximate surface area is 127 Å². The van der Waals surface area contributed by atoms with Crippen molar-refractivity contribution in [2.45, 2.75) is 6.61 Å². The zero-order valence-corrected chi connectivity index (χ0v) is 11.6. The number of carboxylic acid groups (broad SMARTS) is 1. The molecular weight excluding hydrogens is 327 g/mol. The predicted octanol–water partition coefficient (Wildman–Crippen LogP) is 3.17. The van der Waals surface area contributed by atoms with Gasteiger partial charge in [-0.2, -0.15) is 0 Å². The third kappa shape index (κ3) is 3.41. The normalized spacial score (nSPS) is 10.4.